The Morgan fingerprint density at radius 2 is 1.44 bits per heavy atom. The highest BCUT2D eigenvalue weighted by atomic mass is 16.6. The Kier molecular flexibility index (Phi) is 7.55. The highest BCUT2D eigenvalue weighted by molar-refractivity contribution is 5.99. The molecule has 0 aromatic heterocycles. The van der Waals surface area contributed by atoms with Gasteiger partial charge in [-0.1, -0.05) is 43.3 Å². The lowest BCUT2D eigenvalue weighted by molar-refractivity contribution is -0.120. The molecule has 0 radical (unpaired) electrons. The second-order valence-corrected chi connectivity index (χ2v) is 6.03. The number of nitrogens with one attached hydrogen (secondary N) is 2. The summed E-state index contributed by atoms with van der Waals surface area (Å²) in [6.07, 6.45) is 1.39. The number of nitrogens with zero attached hydrogens (tertiary/aromatic N) is 1. The zero-order valence-corrected chi connectivity index (χ0v) is 15.9. The first-order chi connectivity index (χ1) is 13.0. The van der Waals surface area contributed by atoms with Crippen LogP contribution in [0.3, 0.4) is 0 Å². The number of aryl methyl sites for hydroxylation is 1. The zero-order valence-electron chi connectivity index (χ0n) is 15.9. The maximum Gasteiger partial charge on any atom is 0.265 e. The smallest absolute Gasteiger partial charge is 0.265 e. The molecule has 2 rings (SSSR count). The third kappa shape index (κ3) is 6.58. The van der Waals surface area contributed by atoms with E-state index in [1.807, 2.05) is 36.4 Å². The van der Waals surface area contributed by atoms with Crippen molar-refractivity contribution in [1.82, 2.24) is 0 Å². The number of carbonyl (C=O) groups is 2. The summed E-state index contributed by atoms with van der Waals surface area (Å²) in [4.78, 5) is 28.4. The van der Waals surface area contributed by atoms with Gasteiger partial charge in [0.1, 0.15) is 0 Å². The minimum atomic E-state index is -0.270. The fraction of sp³-hybridized carbons (Fsp3) is 0.286. The van der Waals surface area contributed by atoms with Gasteiger partial charge in [0.05, 0.1) is 5.71 Å². The third-order valence-electron chi connectivity index (χ3n) is 3.95. The van der Waals surface area contributed by atoms with Crippen LogP contribution in [-0.2, 0) is 20.8 Å². The van der Waals surface area contributed by atoms with Gasteiger partial charge in [0, 0.05) is 17.8 Å². The van der Waals surface area contributed by atoms with Crippen LogP contribution in [0.25, 0.3) is 0 Å². The Bertz CT molecular complexity index is 796. The van der Waals surface area contributed by atoms with Gasteiger partial charge in [-0.3, -0.25) is 9.59 Å². The van der Waals surface area contributed by atoms with Crippen LogP contribution in [0.5, 0.6) is 0 Å². The molecule has 2 N–H and O–H groups in total. The van der Waals surface area contributed by atoms with E-state index in [-0.39, 0.29) is 18.4 Å². The fourth-order valence-electron chi connectivity index (χ4n) is 2.31. The van der Waals surface area contributed by atoms with Crippen LogP contribution in [0.4, 0.5) is 11.4 Å². The van der Waals surface area contributed by atoms with Gasteiger partial charge in [0.15, 0.2) is 6.61 Å². The Morgan fingerprint density at radius 3 is 2.00 bits per heavy atom. The van der Waals surface area contributed by atoms with Gasteiger partial charge in [-0.15, -0.1) is 0 Å². The van der Waals surface area contributed by atoms with Gasteiger partial charge in [-0.05, 0) is 48.7 Å². The molecule has 0 saturated carbocycles. The Hall–Kier alpha value is -3.15. The molecular weight excluding hydrogens is 342 g/mol. The number of rotatable bonds is 8. The average molecular weight is 367 g/mol. The van der Waals surface area contributed by atoms with Gasteiger partial charge in [0.2, 0.25) is 5.91 Å². The summed E-state index contributed by atoms with van der Waals surface area (Å²) < 4.78 is 0. The van der Waals surface area contributed by atoms with Gasteiger partial charge < -0.3 is 15.5 Å². The van der Waals surface area contributed by atoms with E-state index in [0.29, 0.717) is 12.1 Å². The molecule has 0 heterocycles. The molecule has 2 aromatic carbocycles. The quantitative estimate of drug-likeness (QED) is 0.547. The topological polar surface area (TPSA) is 79.8 Å². The van der Waals surface area contributed by atoms with E-state index in [1.165, 1.54) is 5.56 Å². The first-order valence-electron chi connectivity index (χ1n) is 8.97. The first-order valence-corrected chi connectivity index (χ1v) is 8.97. The monoisotopic (exact) mass is 367 g/mol. The molecule has 2 amide bonds. The number of amides is 2. The molecule has 142 valence electrons. The van der Waals surface area contributed by atoms with Crippen molar-refractivity contribution >= 4 is 28.9 Å². The summed E-state index contributed by atoms with van der Waals surface area (Å²) in [6.45, 7) is 5.50. The van der Waals surface area contributed by atoms with E-state index in [1.54, 1.807) is 26.0 Å². The zero-order chi connectivity index (χ0) is 19.6. The Morgan fingerprint density at radius 1 is 0.889 bits per heavy atom. The van der Waals surface area contributed by atoms with Crippen molar-refractivity contribution in [3.05, 3.63) is 59.7 Å². The standard InChI is InChI=1S/C21H25N3O3/c1-4-16-6-10-18(11-7-16)23-21(26)14-27-24-15(3)17-8-12-19(13-9-17)22-20(25)5-2/h6-13H,4-5,14H2,1-3H3,(H,22,25)(H,23,26)/b24-15+. The van der Waals surface area contributed by atoms with Crippen LogP contribution in [0, 0.1) is 0 Å². The molecule has 0 spiro atoms. The Balaban J connectivity index is 1.83. The van der Waals surface area contributed by atoms with E-state index in [0.717, 1.165) is 23.4 Å². The maximum absolute atomic E-state index is 11.9. The number of hydrogen-bond acceptors (Lipinski definition) is 4. The number of oxime groups is 1. The van der Waals surface area contributed by atoms with Crippen molar-refractivity contribution in [2.45, 2.75) is 33.6 Å². The summed E-state index contributed by atoms with van der Waals surface area (Å²) in [5, 5.41) is 9.53. The number of anilines is 2. The van der Waals surface area contributed by atoms with Gasteiger partial charge >= 0.3 is 0 Å². The van der Waals surface area contributed by atoms with E-state index in [4.69, 9.17) is 4.84 Å². The number of hydrogen-bond donors (Lipinski definition) is 2. The number of benzene rings is 2. The molecule has 0 aliphatic heterocycles. The summed E-state index contributed by atoms with van der Waals surface area (Å²) in [5.74, 6) is -0.305. The summed E-state index contributed by atoms with van der Waals surface area (Å²) in [7, 11) is 0. The maximum atomic E-state index is 11.9. The summed E-state index contributed by atoms with van der Waals surface area (Å²) in [5.41, 5.74) is 4.16. The molecule has 0 unspecified atom stereocenters. The summed E-state index contributed by atoms with van der Waals surface area (Å²) in [6, 6.07) is 15.0. The molecule has 2 aromatic rings. The van der Waals surface area contributed by atoms with Crippen LogP contribution in [0.1, 0.15) is 38.3 Å². The van der Waals surface area contributed by atoms with E-state index in [9.17, 15) is 9.59 Å². The van der Waals surface area contributed by atoms with Crippen LogP contribution in [-0.4, -0.2) is 24.1 Å². The third-order valence-corrected chi connectivity index (χ3v) is 3.95. The predicted molar refractivity (Wildman–Crippen MR) is 108 cm³/mol. The second-order valence-electron chi connectivity index (χ2n) is 6.03. The summed E-state index contributed by atoms with van der Waals surface area (Å²) >= 11 is 0. The van der Waals surface area contributed by atoms with E-state index in [2.05, 4.69) is 22.7 Å². The van der Waals surface area contributed by atoms with Crippen LogP contribution < -0.4 is 10.6 Å². The SMILES string of the molecule is CCC(=O)Nc1ccc(/C(C)=N/OCC(=O)Nc2ccc(CC)cc2)cc1. The molecule has 0 aliphatic carbocycles. The lowest BCUT2D eigenvalue weighted by Crippen LogP contribution is -2.17. The first kappa shape index (κ1) is 20.2. The minimum Gasteiger partial charge on any atom is -0.385 e. The molecule has 27 heavy (non-hydrogen) atoms. The van der Waals surface area contributed by atoms with E-state index < -0.39 is 0 Å². The lowest BCUT2D eigenvalue weighted by Gasteiger charge is -2.07. The average Bonchev–Trinajstić information content (AvgIpc) is 2.69. The molecule has 6 heteroatoms. The lowest BCUT2D eigenvalue weighted by atomic mass is 10.1. The highest BCUT2D eigenvalue weighted by Crippen LogP contribution is 2.12. The predicted octanol–water partition coefficient (Wildman–Crippen LogP) is 3.98. The van der Waals surface area contributed by atoms with E-state index >= 15 is 0 Å². The van der Waals surface area contributed by atoms with Crippen molar-refractivity contribution in [3.63, 3.8) is 0 Å². The molecule has 0 fully saturated rings. The molecule has 0 atom stereocenters. The Labute approximate surface area is 159 Å². The van der Waals surface area contributed by atoms with Crippen molar-refractivity contribution < 1.29 is 14.4 Å². The number of carbonyl (C=O) groups excluding carboxylic acids is 2. The molecule has 0 saturated heterocycles. The minimum absolute atomic E-state index is 0.0354. The van der Waals surface area contributed by atoms with Crippen LogP contribution in [0.15, 0.2) is 53.7 Å². The van der Waals surface area contributed by atoms with Crippen LogP contribution >= 0.6 is 0 Å². The van der Waals surface area contributed by atoms with Crippen molar-refractivity contribution in [2.75, 3.05) is 17.2 Å². The highest BCUT2D eigenvalue weighted by Gasteiger charge is 2.04. The van der Waals surface area contributed by atoms with Crippen LogP contribution in [0.2, 0.25) is 0 Å². The second kappa shape index (κ2) is 10.1. The van der Waals surface area contributed by atoms with Gasteiger partial charge in [0.25, 0.3) is 5.91 Å². The molecular formula is C21H25N3O3. The fourth-order valence-corrected chi connectivity index (χ4v) is 2.31. The normalized spacial score (nSPS) is 11.0. The largest absolute Gasteiger partial charge is 0.385 e. The van der Waals surface area contributed by atoms with Crippen molar-refractivity contribution in [3.8, 4) is 0 Å². The van der Waals surface area contributed by atoms with Crippen molar-refractivity contribution in [1.29, 1.82) is 0 Å². The van der Waals surface area contributed by atoms with Gasteiger partial charge in [-0.25, -0.2) is 0 Å². The van der Waals surface area contributed by atoms with Gasteiger partial charge in [-0.2, -0.15) is 0 Å². The molecule has 0 aliphatic rings. The molecule has 0 bridgehead atoms. The molecule has 6 nitrogen and oxygen atoms in total. The van der Waals surface area contributed by atoms with Crippen molar-refractivity contribution in [2.24, 2.45) is 5.16 Å².